The average molecular weight is 1520 g/mol. The van der Waals surface area contributed by atoms with Crippen molar-refractivity contribution < 1.29 is 89.4 Å². The van der Waals surface area contributed by atoms with Gasteiger partial charge in [-0.05, 0) is 103 Å². The van der Waals surface area contributed by atoms with Crippen LogP contribution in [0.5, 0.6) is 0 Å². The van der Waals surface area contributed by atoms with Gasteiger partial charge in [0.15, 0.2) is 18.9 Å². The zero-order valence-electron chi connectivity index (χ0n) is 66.3. The first-order valence-corrected chi connectivity index (χ1v) is 42.1. The SMILES string of the molecule is CC/C=C\C/C=C\C/C=C\C/C=C\C/C=C\C/C=C\C/C=C\C/C=C\C/C=C\C/C=C\C/C=C\C/C=C\CCCCCCC(=O)NC(COC1OC(CO)C(OC2OC(CO)C(OC3OC(CO)C(O)C(O)C3O)C(O)C2O)C(O)C1O)C(O)CCCCCCCCCCCCCCCCCCCCCCCC. The van der Waals surface area contributed by atoms with E-state index in [4.69, 9.17) is 28.4 Å². The summed E-state index contributed by atoms with van der Waals surface area (Å²) in [7, 11) is 0. The van der Waals surface area contributed by atoms with Crippen molar-refractivity contribution in [2.45, 2.75) is 381 Å². The van der Waals surface area contributed by atoms with Crippen molar-refractivity contribution in [3.8, 4) is 0 Å². The largest absolute Gasteiger partial charge is 0.394 e. The van der Waals surface area contributed by atoms with Crippen molar-refractivity contribution >= 4 is 5.91 Å². The maximum atomic E-state index is 13.5. The average Bonchev–Trinajstić information content (AvgIpc) is 0.787. The summed E-state index contributed by atoms with van der Waals surface area (Å²) in [6, 6.07) is -0.913. The van der Waals surface area contributed by atoms with Crippen molar-refractivity contribution in [2.24, 2.45) is 0 Å². The predicted octanol–water partition coefficient (Wildman–Crippen LogP) is 15.0. The molecule has 0 spiro atoms. The molecule has 12 N–H and O–H groups in total. The third-order valence-electron chi connectivity index (χ3n) is 19.9. The summed E-state index contributed by atoms with van der Waals surface area (Å²) >= 11 is 0. The highest BCUT2D eigenvalue weighted by Crippen LogP contribution is 2.33. The van der Waals surface area contributed by atoms with E-state index < -0.39 is 124 Å². The van der Waals surface area contributed by atoms with Gasteiger partial charge in [0.2, 0.25) is 5.91 Å². The molecule has 3 fully saturated rings. The van der Waals surface area contributed by atoms with Crippen molar-refractivity contribution in [3.63, 3.8) is 0 Å². The molecule has 0 aromatic carbocycles. The highest BCUT2D eigenvalue weighted by Gasteiger charge is 2.54. The molecule has 19 nitrogen and oxygen atoms in total. The van der Waals surface area contributed by atoms with E-state index in [2.05, 4.69) is 165 Å². The third-order valence-corrected chi connectivity index (χ3v) is 19.9. The van der Waals surface area contributed by atoms with Crippen LogP contribution in [-0.4, -0.2) is 193 Å². The number of allylic oxidation sites excluding steroid dienone is 24. The summed E-state index contributed by atoms with van der Waals surface area (Å²) in [4.78, 5) is 13.5. The highest BCUT2D eigenvalue weighted by atomic mass is 16.8. The van der Waals surface area contributed by atoms with Crippen molar-refractivity contribution in [1.29, 1.82) is 0 Å². The second-order valence-corrected chi connectivity index (χ2v) is 29.2. The lowest BCUT2D eigenvalue weighted by atomic mass is 9.96. The Labute approximate surface area is 651 Å². The molecule has 0 radical (unpaired) electrons. The summed E-state index contributed by atoms with van der Waals surface area (Å²) in [5, 5.41) is 121. The fourth-order valence-electron chi connectivity index (χ4n) is 13.2. The Morgan fingerprint density at radius 1 is 0.343 bits per heavy atom. The van der Waals surface area contributed by atoms with E-state index in [1.54, 1.807) is 0 Å². The molecule has 0 aliphatic carbocycles. The Bertz CT molecular complexity index is 2520. The van der Waals surface area contributed by atoms with Gasteiger partial charge in [0, 0.05) is 6.42 Å². The molecule has 3 aliphatic rings. The Morgan fingerprint density at radius 3 is 1.00 bits per heavy atom. The van der Waals surface area contributed by atoms with Gasteiger partial charge >= 0.3 is 0 Å². The third kappa shape index (κ3) is 46.0. The minimum absolute atomic E-state index is 0.228. The number of nitrogens with one attached hydrogen (secondary N) is 1. The Balaban J connectivity index is 1.36. The minimum Gasteiger partial charge on any atom is -0.394 e. The molecule has 17 unspecified atom stereocenters. The fraction of sp³-hybridized carbons (Fsp3) is 0.719. The molecule has 3 heterocycles. The van der Waals surface area contributed by atoms with Gasteiger partial charge in [0.05, 0.1) is 38.6 Å². The summed E-state index contributed by atoms with van der Waals surface area (Å²) in [6.45, 7) is 1.68. The number of unbranched alkanes of at least 4 members (excludes halogenated alkanes) is 25. The normalized spacial score (nSPS) is 26.2. The monoisotopic (exact) mass is 1520 g/mol. The quantitative estimate of drug-likeness (QED) is 0.0199. The molecule has 17 atom stereocenters. The standard InChI is InChI=1S/C89H149NO18/c1-3-5-7-9-11-13-15-17-19-21-23-25-27-28-29-30-31-32-33-34-35-36-37-38-39-40-41-42-43-44-45-47-49-51-53-55-57-59-61-63-65-67-77(95)90-72(73(94)66-64-62-60-58-56-54-52-50-48-46-26-24-22-20-18-16-14-12-10-8-6-4-2)71-103-87-83(101)80(98)85(75(69-92)105-87)108-89-84(102)81(99)86(76(70-93)106-89)107-88-82(100)79(97)78(96)74(68-91)104-88/h5,7,11,13,17,19,23,25,28-29,31-32,34-35,37-38,40-41,43-44,47,49,53,55,72-76,78-89,91-94,96-102H,3-4,6,8-10,12,14-16,18,20-22,24,26-27,30,33,36,39,42,45-46,48,50-52,54,56-71H2,1-2H3,(H,90,95)/b7-5-,13-11-,19-17-,25-23-,29-28-,32-31-,35-34-,38-37-,41-40-,44-43-,49-47-,55-53-. The maximum Gasteiger partial charge on any atom is 0.220 e. The lowest BCUT2D eigenvalue weighted by molar-refractivity contribution is -0.379. The van der Waals surface area contributed by atoms with Gasteiger partial charge < -0.3 is 89.9 Å². The molecule has 618 valence electrons. The van der Waals surface area contributed by atoms with Gasteiger partial charge in [-0.1, -0.05) is 314 Å². The number of ether oxygens (including phenoxy) is 6. The van der Waals surface area contributed by atoms with Crippen LogP contribution < -0.4 is 5.32 Å². The fourth-order valence-corrected chi connectivity index (χ4v) is 13.2. The van der Waals surface area contributed by atoms with Crippen molar-refractivity contribution in [2.75, 3.05) is 26.4 Å². The molecular weight excluding hydrogens is 1370 g/mol. The number of carbonyl (C=O) groups excluding carboxylic acids is 1. The van der Waals surface area contributed by atoms with Crippen LogP contribution in [0, 0.1) is 0 Å². The number of hydrogen-bond donors (Lipinski definition) is 12. The van der Waals surface area contributed by atoms with Crippen LogP contribution in [0.1, 0.15) is 277 Å². The van der Waals surface area contributed by atoms with E-state index in [0.717, 1.165) is 122 Å². The second-order valence-electron chi connectivity index (χ2n) is 29.2. The smallest absolute Gasteiger partial charge is 0.220 e. The summed E-state index contributed by atoms with van der Waals surface area (Å²) in [6.07, 6.45) is 70.7. The van der Waals surface area contributed by atoms with E-state index in [-0.39, 0.29) is 18.9 Å². The molecule has 19 heteroatoms. The van der Waals surface area contributed by atoms with Crippen LogP contribution in [0.25, 0.3) is 0 Å². The van der Waals surface area contributed by atoms with Crippen LogP contribution in [0.3, 0.4) is 0 Å². The van der Waals surface area contributed by atoms with Crippen LogP contribution >= 0.6 is 0 Å². The highest BCUT2D eigenvalue weighted by molar-refractivity contribution is 5.76. The lowest BCUT2D eigenvalue weighted by Crippen LogP contribution is -2.66. The first-order chi connectivity index (χ1) is 52.8. The Hall–Kier alpha value is -4.33. The van der Waals surface area contributed by atoms with E-state index in [1.807, 2.05) is 0 Å². The number of rotatable bonds is 65. The van der Waals surface area contributed by atoms with Gasteiger partial charge in [-0.15, -0.1) is 0 Å². The summed E-state index contributed by atoms with van der Waals surface area (Å²) in [5.74, 6) is -0.270. The second kappa shape index (κ2) is 67.2. The Kier molecular flexibility index (Phi) is 60.9. The number of amides is 1. The maximum absolute atomic E-state index is 13.5. The van der Waals surface area contributed by atoms with E-state index >= 15 is 0 Å². The first-order valence-electron chi connectivity index (χ1n) is 42.1. The molecule has 0 saturated carbocycles. The minimum atomic E-state index is -1.98. The van der Waals surface area contributed by atoms with Gasteiger partial charge in [-0.2, -0.15) is 0 Å². The van der Waals surface area contributed by atoms with Gasteiger partial charge in [0.25, 0.3) is 0 Å². The zero-order chi connectivity index (χ0) is 78.1. The van der Waals surface area contributed by atoms with Gasteiger partial charge in [0.1, 0.15) is 73.2 Å². The van der Waals surface area contributed by atoms with Gasteiger partial charge in [-0.3, -0.25) is 4.79 Å². The molecule has 3 rings (SSSR count). The molecule has 3 aliphatic heterocycles. The molecule has 0 aromatic heterocycles. The van der Waals surface area contributed by atoms with Crippen molar-refractivity contribution in [1.82, 2.24) is 5.32 Å². The summed E-state index contributed by atoms with van der Waals surface area (Å²) < 4.78 is 34.5. The van der Waals surface area contributed by atoms with Crippen LogP contribution in [-0.2, 0) is 33.2 Å². The molecule has 3 saturated heterocycles. The zero-order valence-corrected chi connectivity index (χ0v) is 66.3. The predicted molar refractivity (Wildman–Crippen MR) is 433 cm³/mol. The molecule has 0 bridgehead atoms. The van der Waals surface area contributed by atoms with E-state index in [0.29, 0.717) is 19.3 Å². The van der Waals surface area contributed by atoms with Gasteiger partial charge in [-0.25, -0.2) is 0 Å². The molecular formula is C89H149NO18. The van der Waals surface area contributed by atoms with Crippen LogP contribution in [0.4, 0.5) is 0 Å². The number of carbonyl (C=O) groups is 1. The van der Waals surface area contributed by atoms with Crippen LogP contribution in [0.15, 0.2) is 146 Å². The van der Waals surface area contributed by atoms with E-state index in [9.17, 15) is 61.0 Å². The Morgan fingerprint density at radius 2 is 0.639 bits per heavy atom. The molecule has 1 amide bonds. The first kappa shape index (κ1) is 97.9. The number of aliphatic hydroxyl groups is 11. The molecule has 108 heavy (non-hydrogen) atoms. The summed E-state index contributed by atoms with van der Waals surface area (Å²) in [5.41, 5.74) is 0. The number of hydrogen-bond acceptors (Lipinski definition) is 18. The van der Waals surface area contributed by atoms with E-state index in [1.165, 1.54) is 116 Å². The van der Waals surface area contributed by atoms with Crippen molar-refractivity contribution in [3.05, 3.63) is 146 Å². The lowest BCUT2D eigenvalue weighted by Gasteiger charge is -2.48. The van der Waals surface area contributed by atoms with Crippen LogP contribution in [0.2, 0.25) is 0 Å². The molecule has 0 aromatic rings. The number of aliphatic hydroxyl groups excluding tert-OH is 11. The topological polar surface area (TPSA) is 307 Å².